The second kappa shape index (κ2) is 3.46. The van der Waals surface area contributed by atoms with Crippen molar-refractivity contribution < 1.29 is 9.47 Å². The fourth-order valence-electron chi connectivity index (χ4n) is 0.0962. The molecule has 0 aromatic rings. The van der Waals surface area contributed by atoms with Crippen molar-refractivity contribution in [2.75, 3.05) is 14.2 Å². The first kappa shape index (κ1) is 6.27. The Morgan fingerprint density at radius 3 is 1.67 bits per heavy atom. The molecule has 2 nitrogen and oxygen atoms in total. The lowest BCUT2D eigenvalue weighted by atomic mass is 11.3. The van der Waals surface area contributed by atoms with E-state index in [1.807, 2.05) is 0 Å². The molecular formula is C3H7O2S. The number of ether oxygens (including phenoxy) is 2. The molecule has 0 amide bonds. The number of hydrogen-bond donors (Lipinski definition) is 0. The summed E-state index contributed by atoms with van der Waals surface area (Å²) in [5.41, 5.74) is -0.481. The van der Waals surface area contributed by atoms with Gasteiger partial charge in [-0.05, 0) is 12.6 Å². The van der Waals surface area contributed by atoms with Gasteiger partial charge in [0.1, 0.15) is 0 Å². The highest BCUT2D eigenvalue weighted by atomic mass is 32.1. The summed E-state index contributed by atoms with van der Waals surface area (Å²) >= 11 is 4.50. The Hall–Kier alpha value is 0.270. The van der Waals surface area contributed by atoms with Gasteiger partial charge in [0, 0.05) is 14.2 Å². The maximum absolute atomic E-state index is 4.50. The second-order valence-corrected chi connectivity index (χ2v) is 1.14. The van der Waals surface area contributed by atoms with Gasteiger partial charge in [-0.1, -0.05) is 0 Å². The van der Waals surface area contributed by atoms with E-state index in [9.17, 15) is 0 Å². The lowest BCUT2D eigenvalue weighted by Gasteiger charge is -2.00. The van der Waals surface area contributed by atoms with Crippen molar-refractivity contribution in [1.82, 2.24) is 0 Å². The molecule has 0 aliphatic carbocycles. The molecular weight excluding hydrogens is 100 g/mol. The molecule has 0 atom stereocenters. The smallest absolute Gasteiger partial charge is 0.216 e. The zero-order chi connectivity index (χ0) is 4.99. The van der Waals surface area contributed by atoms with Crippen LogP contribution in [0.1, 0.15) is 0 Å². The van der Waals surface area contributed by atoms with Crippen molar-refractivity contribution in [2.24, 2.45) is 0 Å². The molecule has 6 heavy (non-hydrogen) atoms. The maximum Gasteiger partial charge on any atom is 0.216 e. The molecule has 0 bridgehead atoms. The molecule has 3 heteroatoms. The third-order valence-corrected chi connectivity index (χ3v) is 0.770. The first-order valence-corrected chi connectivity index (χ1v) is 2.00. The highest BCUT2D eigenvalue weighted by molar-refractivity contribution is 7.80. The van der Waals surface area contributed by atoms with Gasteiger partial charge in [-0.15, -0.1) is 0 Å². The molecule has 1 radical (unpaired) electrons. The number of methoxy groups -OCH3 is 2. The lowest BCUT2D eigenvalue weighted by Crippen LogP contribution is -2.01. The van der Waals surface area contributed by atoms with E-state index >= 15 is 0 Å². The Labute approximate surface area is 42.9 Å². The molecule has 0 aromatic heterocycles. The van der Waals surface area contributed by atoms with E-state index in [0.29, 0.717) is 0 Å². The van der Waals surface area contributed by atoms with Crippen LogP contribution in [-0.4, -0.2) is 19.8 Å². The van der Waals surface area contributed by atoms with E-state index in [1.165, 1.54) is 14.2 Å². The molecule has 0 saturated carbocycles. The third kappa shape index (κ3) is 2.50. The van der Waals surface area contributed by atoms with Crippen molar-refractivity contribution in [3.8, 4) is 0 Å². The minimum Gasteiger partial charge on any atom is -0.346 e. The molecule has 0 rings (SSSR count). The van der Waals surface area contributed by atoms with Crippen LogP contribution in [0.3, 0.4) is 0 Å². The SMILES string of the molecule is COC([S])OC. The summed E-state index contributed by atoms with van der Waals surface area (Å²) in [7, 11) is 3.00. The van der Waals surface area contributed by atoms with Crippen LogP contribution in [0, 0.1) is 0 Å². The van der Waals surface area contributed by atoms with E-state index in [1.54, 1.807) is 0 Å². The van der Waals surface area contributed by atoms with Gasteiger partial charge in [0.2, 0.25) is 5.62 Å². The van der Waals surface area contributed by atoms with E-state index in [4.69, 9.17) is 0 Å². The van der Waals surface area contributed by atoms with Crippen molar-refractivity contribution in [3.63, 3.8) is 0 Å². The molecule has 37 valence electrons. The molecule has 0 heterocycles. The summed E-state index contributed by atoms with van der Waals surface area (Å²) in [6.45, 7) is 0. The van der Waals surface area contributed by atoms with Crippen molar-refractivity contribution in [3.05, 3.63) is 0 Å². The normalized spacial score (nSPS) is 10.0. The van der Waals surface area contributed by atoms with Crippen LogP contribution in [0.2, 0.25) is 0 Å². The van der Waals surface area contributed by atoms with Gasteiger partial charge >= 0.3 is 0 Å². The Balaban J connectivity index is 2.75. The zero-order valence-electron chi connectivity index (χ0n) is 3.80. The Morgan fingerprint density at radius 1 is 1.33 bits per heavy atom. The summed E-state index contributed by atoms with van der Waals surface area (Å²) in [6, 6.07) is 0. The van der Waals surface area contributed by atoms with Gasteiger partial charge in [0.25, 0.3) is 0 Å². The third-order valence-electron chi connectivity index (χ3n) is 0.385. The molecule has 0 N–H and O–H groups in total. The van der Waals surface area contributed by atoms with Crippen molar-refractivity contribution >= 4 is 12.6 Å². The zero-order valence-corrected chi connectivity index (χ0v) is 4.62. The average Bonchev–Trinajstić information content (AvgIpc) is 1.65. The van der Waals surface area contributed by atoms with Crippen molar-refractivity contribution in [2.45, 2.75) is 5.62 Å². The van der Waals surface area contributed by atoms with Crippen LogP contribution in [0.25, 0.3) is 0 Å². The maximum atomic E-state index is 4.50. The van der Waals surface area contributed by atoms with E-state index in [-0.39, 0.29) is 0 Å². The Morgan fingerprint density at radius 2 is 1.67 bits per heavy atom. The van der Waals surface area contributed by atoms with Crippen molar-refractivity contribution in [1.29, 1.82) is 0 Å². The van der Waals surface area contributed by atoms with Gasteiger partial charge in [-0.25, -0.2) is 0 Å². The lowest BCUT2D eigenvalue weighted by molar-refractivity contribution is -0.0326. The van der Waals surface area contributed by atoms with Crippen LogP contribution in [0.4, 0.5) is 0 Å². The summed E-state index contributed by atoms with van der Waals surface area (Å²) in [6.07, 6.45) is 0. The van der Waals surface area contributed by atoms with Crippen LogP contribution in [0.5, 0.6) is 0 Å². The molecule has 0 unspecified atom stereocenters. The Bertz CT molecular complexity index is 28.0. The number of rotatable bonds is 2. The van der Waals surface area contributed by atoms with Crippen LogP contribution in [-0.2, 0) is 9.47 Å². The monoisotopic (exact) mass is 107 g/mol. The molecule has 0 aliphatic rings. The highest BCUT2D eigenvalue weighted by Gasteiger charge is 1.90. The first-order chi connectivity index (χ1) is 2.81. The van der Waals surface area contributed by atoms with Gasteiger partial charge < -0.3 is 9.47 Å². The standard InChI is InChI=1S/C3H7O2S/c1-4-3(6)5-2/h3H,1-2H3. The fourth-order valence-corrected chi connectivity index (χ4v) is 0.0962. The highest BCUT2D eigenvalue weighted by Crippen LogP contribution is 1.91. The van der Waals surface area contributed by atoms with Crippen LogP contribution >= 0.6 is 12.6 Å². The summed E-state index contributed by atoms with van der Waals surface area (Å²) in [5.74, 6) is 0. The minimum absolute atomic E-state index is 0.481. The quantitative estimate of drug-likeness (QED) is 0.485. The van der Waals surface area contributed by atoms with Crippen LogP contribution in [0.15, 0.2) is 0 Å². The predicted molar refractivity (Wildman–Crippen MR) is 25.4 cm³/mol. The van der Waals surface area contributed by atoms with E-state index in [2.05, 4.69) is 22.1 Å². The summed E-state index contributed by atoms with van der Waals surface area (Å²) in [5, 5.41) is 0. The predicted octanol–water partition coefficient (Wildman–Crippen LogP) is 0.760. The van der Waals surface area contributed by atoms with Gasteiger partial charge in [-0.3, -0.25) is 0 Å². The average molecular weight is 107 g/mol. The molecule has 0 aliphatic heterocycles. The largest absolute Gasteiger partial charge is 0.346 e. The fraction of sp³-hybridized carbons (Fsp3) is 1.00. The first-order valence-electron chi connectivity index (χ1n) is 1.52. The molecule has 0 fully saturated rings. The van der Waals surface area contributed by atoms with Gasteiger partial charge in [0.05, 0.1) is 0 Å². The molecule has 0 spiro atoms. The number of hydrogen-bond acceptors (Lipinski definition) is 2. The summed E-state index contributed by atoms with van der Waals surface area (Å²) in [4.78, 5) is 0. The molecule has 0 aromatic carbocycles. The topological polar surface area (TPSA) is 18.5 Å². The van der Waals surface area contributed by atoms with Crippen LogP contribution < -0.4 is 0 Å². The van der Waals surface area contributed by atoms with E-state index in [0.717, 1.165) is 0 Å². The van der Waals surface area contributed by atoms with Gasteiger partial charge in [-0.2, -0.15) is 0 Å². The second-order valence-electron chi connectivity index (χ2n) is 0.760. The van der Waals surface area contributed by atoms with E-state index < -0.39 is 5.62 Å². The summed E-state index contributed by atoms with van der Waals surface area (Å²) < 4.78 is 8.98. The Kier molecular flexibility index (Phi) is 3.62. The molecule has 0 saturated heterocycles. The minimum atomic E-state index is -0.481. The van der Waals surface area contributed by atoms with Gasteiger partial charge in [0.15, 0.2) is 0 Å².